The molecule has 6 aliphatic rings. The quantitative estimate of drug-likeness (QED) is 0.136. The van der Waals surface area contributed by atoms with Crippen LogP contribution in [-0.2, 0) is 65.3 Å². The Balaban J connectivity index is 0.000000184. The molecule has 0 aromatic heterocycles. The van der Waals surface area contributed by atoms with Crippen molar-refractivity contribution in [2.45, 2.75) is 86.0 Å². The summed E-state index contributed by atoms with van der Waals surface area (Å²) in [4.78, 5) is 107. The Morgan fingerprint density at radius 3 is 1.41 bits per heavy atom. The van der Waals surface area contributed by atoms with Crippen LogP contribution in [0.25, 0.3) is 0 Å². The molecule has 1 unspecified atom stereocenters. The third kappa shape index (κ3) is 9.63. The number of hydrogen-bond acceptors (Lipinski definition) is 10. The predicted octanol–water partition coefficient (Wildman–Crippen LogP) is 5.05. The van der Waals surface area contributed by atoms with E-state index in [0.717, 1.165) is 40.5 Å². The fourth-order valence-corrected chi connectivity index (χ4v) is 13.2. The Kier molecular flexibility index (Phi) is 13.5. The number of carbonyl (C=O) groups is 8. The maximum atomic E-state index is 14.0. The lowest BCUT2D eigenvalue weighted by Crippen LogP contribution is -2.57. The average molecular weight is 1070 g/mol. The van der Waals surface area contributed by atoms with E-state index in [2.05, 4.69) is 21.3 Å². The molecule has 0 saturated carbocycles. The monoisotopic (exact) mass is 1070 g/mol. The third-order valence-corrected chi connectivity index (χ3v) is 18.4. The van der Waals surface area contributed by atoms with E-state index in [1.807, 2.05) is 6.07 Å². The minimum atomic E-state index is -1.64. The molecule has 0 bridgehead atoms. The van der Waals surface area contributed by atoms with Crippen molar-refractivity contribution in [3.05, 3.63) is 129 Å². The molecule has 10 rings (SSSR count). The molecule has 4 saturated heterocycles. The number of imide groups is 2. The van der Waals surface area contributed by atoms with E-state index in [1.165, 1.54) is 57.3 Å². The Morgan fingerprint density at radius 2 is 1.00 bits per heavy atom. The van der Waals surface area contributed by atoms with Gasteiger partial charge < -0.3 is 30.2 Å². The second-order valence-corrected chi connectivity index (χ2v) is 24.3. The molecule has 4 aromatic carbocycles. The van der Waals surface area contributed by atoms with Crippen LogP contribution in [0.15, 0.2) is 72.8 Å². The molecule has 0 radical (unpaired) electrons. The summed E-state index contributed by atoms with van der Waals surface area (Å²) in [5.74, 6) is -5.47. The number of benzene rings is 4. The van der Waals surface area contributed by atoms with Gasteiger partial charge in [-0.05, 0) is 110 Å². The highest BCUT2D eigenvalue weighted by atomic mass is 32.2. The van der Waals surface area contributed by atoms with Crippen molar-refractivity contribution in [2.75, 3.05) is 49.3 Å². The number of carbonyl (C=O) groups excluding carboxylic acids is 8. The molecule has 2 aliphatic carbocycles. The number of nitrogens with one attached hydrogen (secondary N) is 4. The number of likely N-dealkylation sites (N-methyl/N-ethyl adjacent to an activating group) is 2. The summed E-state index contributed by atoms with van der Waals surface area (Å²) in [5, 5.41) is 10.2. The van der Waals surface area contributed by atoms with E-state index in [9.17, 15) is 60.1 Å². The fourth-order valence-electron chi connectivity index (χ4n) is 10.7. The van der Waals surface area contributed by atoms with Gasteiger partial charge >= 0.3 is 12.1 Å². The van der Waals surface area contributed by atoms with Crippen molar-refractivity contribution in [1.82, 2.24) is 30.2 Å². The van der Waals surface area contributed by atoms with Gasteiger partial charge in [-0.15, -0.1) is 11.8 Å². The molecule has 17 nitrogen and oxygen atoms in total. The molecular formula is C52H52F4N8O9S2. The molecule has 394 valence electrons. The van der Waals surface area contributed by atoms with Gasteiger partial charge in [-0.25, -0.2) is 27.2 Å². The zero-order valence-corrected chi connectivity index (χ0v) is 43.2. The fraction of sp³-hybridized carbons (Fsp3) is 0.385. The van der Waals surface area contributed by atoms with Gasteiger partial charge in [-0.2, -0.15) is 0 Å². The first kappa shape index (κ1) is 52.7. The van der Waals surface area contributed by atoms with Crippen molar-refractivity contribution in [1.29, 1.82) is 0 Å². The van der Waals surface area contributed by atoms with Gasteiger partial charge in [0.05, 0.1) is 16.8 Å². The lowest BCUT2D eigenvalue weighted by atomic mass is 9.95. The minimum Gasteiger partial charge on any atom is -0.325 e. The van der Waals surface area contributed by atoms with Crippen LogP contribution in [-0.4, -0.2) is 131 Å². The number of nitrogens with zero attached hydrogens (tertiary/aromatic N) is 4. The number of thioether (sulfide) groups is 1. The van der Waals surface area contributed by atoms with Crippen LogP contribution in [0.3, 0.4) is 0 Å². The highest BCUT2D eigenvalue weighted by Gasteiger charge is 2.56. The van der Waals surface area contributed by atoms with E-state index in [-0.39, 0.29) is 47.6 Å². The summed E-state index contributed by atoms with van der Waals surface area (Å²) in [6.07, 6.45) is 1.35. The van der Waals surface area contributed by atoms with E-state index in [1.54, 1.807) is 58.3 Å². The normalized spacial score (nSPS) is 25.3. The molecule has 4 aliphatic heterocycles. The van der Waals surface area contributed by atoms with Crippen LogP contribution >= 0.6 is 11.8 Å². The summed E-state index contributed by atoms with van der Waals surface area (Å²) in [7, 11) is 1.52. The highest BCUT2D eigenvalue weighted by Crippen LogP contribution is 2.43. The number of amides is 10. The van der Waals surface area contributed by atoms with Gasteiger partial charge in [-0.1, -0.05) is 12.1 Å². The summed E-state index contributed by atoms with van der Waals surface area (Å²) >= 11 is 1.37. The molecule has 75 heavy (non-hydrogen) atoms. The number of anilines is 2. The van der Waals surface area contributed by atoms with Crippen LogP contribution in [0, 0.1) is 23.3 Å². The number of urea groups is 2. The van der Waals surface area contributed by atoms with Crippen molar-refractivity contribution >= 4 is 81.4 Å². The first-order valence-corrected chi connectivity index (χ1v) is 26.1. The maximum Gasteiger partial charge on any atom is 0.324 e. The number of halogens is 4. The van der Waals surface area contributed by atoms with Crippen molar-refractivity contribution < 1.29 is 60.1 Å². The van der Waals surface area contributed by atoms with E-state index in [0.29, 0.717) is 42.5 Å². The topological polar surface area (TPSA) is 215 Å². The lowest BCUT2D eigenvalue weighted by molar-refractivity contribution is -0.139. The van der Waals surface area contributed by atoms with Gasteiger partial charge in [0.15, 0.2) is 0 Å². The minimum absolute atomic E-state index is 0.0792. The van der Waals surface area contributed by atoms with Crippen LogP contribution < -0.4 is 21.3 Å². The van der Waals surface area contributed by atoms with Crippen LogP contribution in [0.5, 0.6) is 0 Å². The highest BCUT2D eigenvalue weighted by molar-refractivity contribution is 8.01. The first-order valence-electron chi connectivity index (χ1n) is 23.8. The molecule has 2 spiro atoms. The molecule has 4 heterocycles. The molecular weight excluding hydrogens is 1020 g/mol. The number of hydrogen-bond donors (Lipinski definition) is 4. The van der Waals surface area contributed by atoms with Crippen molar-refractivity contribution in [3.8, 4) is 0 Å². The lowest BCUT2D eigenvalue weighted by Gasteiger charge is -2.42. The van der Waals surface area contributed by atoms with Gasteiger partial charge in [0.2, 0.25) is 23.6 Å². The molecule has 5 atom stereocenters. The smallest absolute Gasteiger partial charge is 0.324 e. The van der Waals surface area contributed by atoms with E-state index >= 15 is 0 Å². The van der Waals surface area contributed by atoms with Crippen LogP contribution in [0.2, 0.25) is 0 Å². The second-order valence-electron chi connectivity index (χ2n) is 20.6. The standard InChI is InChI=1S/C26H26F2N4O5S.C26H26F2N4O4S/c1-25(2)23(35)32(20(13-38(25)37)15-6-17(27)9-18(28)7-15)12-21(33)29-19-5-4-14-10-26(11-16(14)8-19)22(34)30-24(36)31(26)3;1-25(2)23(35)32(20(13-37-25)15-6-17(27)9-18(28)7-15)12-21(33)29-19-5-4-14-10-26(11-16(14)8-19)22(34)30-24(36)31(26)3/h4-9,20H,10-13H2,1-3H3,(H,29,33)(H,30,34,36);4-9,20H,10-13H2,1-3H3,(H,29,33)(H,30,34,36)/t20-,26-,38?;20-,26-/m00/s1. The third-order valence-electron chi connectivity index (χ3n) is 15.0. The van der Waals surface area contributed by atoms with Gasteiger partial charge in [0.25, 0.3) is 11.8 Å². The Bertz CT molecular complexity index is 3160. The number of fused-ring (bicyclic) bond motifs is 2. The zero-order chi connectivity index (χ0) is 54.3. The van der Waals surface area contributed by atoms with Gasteiger partial charge in [0, 0.05) is 85.6 Å². The zero-order valence-electron chi connectivity index (χ0n) is 41.5. The molecule has 4 N–H and O–H groups in total. The summed E-state index contributed by atoms with van der Waals surface area (Å²) in [6.45, 7) is 5.80. The van der Waals surface area contributed by atoms with E-state index < -0.39 is 103 Å². The van der Waals surface area contributed by atoms with Crippen molar-refractivity contribution in [2.24, 2.45) is 0 Å². The molecule has 4 aromatic rings. The predicted molar refractivity (Wildman–Crippen MR) is 268 cm³/mol. The van der Waals surface area contributed by atoms with Gasteiger partial charge in [0.1, 0.15) is 52.2 Å². The van der Waals surface area contributed by atoms with Crippen molar-refractivity contribution in [3.63, 3.8) is 0 Å². The largest absolute Gasteiger partial charge is 0.325 e. The Hall–Kier alpha value is -7.14. The Morgan fingerprint density at radius 1 is 0.600 bits per heavy atom. The summed E-state index contributed by atoms with van der Waals surface area (Å²) in [6, 6.07) is 13.9. The molecule has 10 amide bonds. The Labute approximate surface area is 434 Å². The average Bonchev–Trinajstić information content (AvgIpc) is 4.03. The number of rotatable bonds is 8. The first-order chi connectivity index (χ1) is 35.2. The van der Waals surface area contributed by atoms with Crippen LogP contribution in [0.1, 0.15) is 73.2 Å². The molecule has 23 heteroatoms. The second kappa shape index (κ2) is 19.2. The molecule has 4 fully saturated rings. The van der Waals surface area contributed by atoms with Crippen LogP contribution in [0.4, 0.5) is 38.5 Å². The maximum absolute atomic E-state index is 14.0. The summed E-state index contributed by atoms with van der Waals surface area (Å²) < 4.78 is 66.5. The van der Waals surface area contributed by atoms with E-state index in [4.69, 9.17) is 0 Å². The van der Waals surface area contributed by atoms with Gasteiger partial charge in [-0.3, -0.25) is 43.6 Å². The summed E-state index contributed by atoms with van der Waals surface area (Å²) in [5.41, 5.74) is 2.78. The SMILES string of the molecule is CN1C(=O)NC(=O)[C@@]12Cc1ccc(NC(=O)CN3C(=O)C(C)(C)S(=O)C[C@H]3c3cc(F)cc(F)c3)cc1C2.CN1C(=O)NC(=O)[C@@]12Cc1ccc(NC(=O)CN3C(=O)C(C)(C)SC[C@H]3c3cc(F)cc(F)c3)cc1C2.